The molecule has 0 amide bonds. The number of hydrogen-bond acceptors (Lipinski definition) is 6. The van der Waals surface area contributed by atoms with Crippen LogP contribution >= 0.6 is 23.1 Å². The van der Waals surface area contributed by atoms with Gasteiger partial charge in [0.25, 0.3) is 15.2 Å². The van der Waals surface area contributed by atoms with Crippen LogP contribution in [-0.4, -0.2) is 24.8 Å². The summed E-state index contributed by atoms with van der Waals surface area (Å²) in [7, 11) is -2.17. The molecule has 3 aromatic rings. The molecule has 25 heavy (non-hydrogen) atoms. The number of aromatic nitrogens is 2. The summed E-state index contributed by atoms with van der Waals surface area (Å²) in [6.45, 7) is 1.78. The van der Waals surface area contributed by atoms with Crippen LogP contribution in [0.1, 0.15) is 5.82 Å². The number of benzene rings is 2. The molecule has 0 aliphatic heterocycles. The van der Waals surface area contributed by atoms with Gasteiger partial charge in [0.2, 0.25) is 0 Å². The second kappa shape index (κ2) is 6.99. The largest absolute Gasteiger partial charge is 0.430 e. The fraction of sp³-hybridized carbons (Fsp3) is 0.125. The maximum atomic E-state index is 12.7. The molecule has 1 aromatic heterocycles. The van der Waals surface area contributed by atoms with Crippen LogP contribution in [0.15, 0.2) is 53.4 Å². The molecule has 0 radical (unpaired) electrons. The van der Waals surface area contributed by atoms with Crippen LogP contribution in [0.4, 0.5) is 5.69 Å². The van der Waals surface area contributed by atoms with Crippen molar-refractivity contribution in [1.82, 2.24) is 9.36 Å². The maximum Gasteiger partial charge on any atom is 0.298 e. The predicted octanol–water partition coefficient (Wildman–Crippen LogP) is 4.12. The average Bonchev–Trinajstić information content (AvgIpc) is 3.00. The number of sulfonamides is 1. The second-order valence-electron chi connectivity index (χ2n) is 5.13. The monoisotopic (exact) mass is 395 g/mol. The third kappa shape index (κ3) is 3.92. The molecule has 0 aliphatic rings. The van der Waals surface area contributed by atoms with Crippen molar-refractivity contribution in [3.05, 3.63) is 59.4 Å². The zero-order chi connectivity index (χ0) is 18.0. The van der Waals surface area contributed by atoms with Gasteiger partial charge in [-0.2, -0.15) is 9.36 Å². The molecule has 0 unspecified atom stereocenters. The molecule has 0 fully saturated rings. The van der Waals surface area contributed by atoms with Gasteiger partial charge in [0.05, 0.1) is 10.6 Å². The highest BCUT2D eigenvalue weighted by atomic mass is 35.5. The molecule has 1 heterocycles. The lowest BCUT2D eigenvalue weighted by molar-refractivity contribution is 0.478. The van der Waals surface area contributed by atoms with E-state index in [4.69, 9.17) is 16.3 Å². The Bertz CT molecular complexity index is 971. The minimum atomic E-state index is -3.66. The van der Waals surface area contributed by atoms with Crippen LogP contribution in [0.5, 0.6) is 10.9 Å². The minimum absolute atomic E-state index is 0.170. The number of anilines is 1. The Labute approximate surface area is 154 Å². The summed E-state index contributed by atoms with van der Waals surface area (Å²) in [4.78, 5) is 4.29. The van der Waals surface area contributed by atoms with Crippen molar-refractivity contribution in [1.29, 1.82) is 0 Å². The first-order valence-corrected chi connectivity index (χ1v) is 9.78. The van der Waals surface area contributed by atoms with E-state index in [1.165, 1.54) is 23.5 Å². The Morgan fingerprint density at radius 3 is 2.28 bits per heavy atom. The Morgan fingerprint density at radius 1 is 1.08 bits per heavy atom. The number of rotatable bonds is 5. The SMILES string of the molecule is Cc1nsc(Oc2ccc(N(C)S(=O)(=O)c3ccc(Cl)cc3)cc2)n1. The van der Waals surface area contributed by atoms with E-state index in [0.717, 1.165) is 11.5 Å². The third-order valence-electron chi connectivity index (χ3n) is 3.39. The maximum absolute atomic E-state index is 12.7. The van der Waals surface area contributed by atoms with E-state index in [9.17, 15) is 8.42 Å². The molecule has 0 bridgehead atoms. The molecular weight excluding hydrogens is 382 g/mol. The van der Waals surface area contributed by atoms with Gasteiger partial charge in [-0.3, -0.25) is 4.31 Å². The molecule has 6 nitrogen and oxygen atoms in total. The Balaban J connectivity index is 1.80. The first kappa shape index (κ1) is 17.7. The van der Waals surface area contributed by atoms with Crippen molar-refractivity contribution >= 4 is 38.8 Å². The van der Waals surface area contributed by atoms with Crippen molar-refractivity contribution in [2.45, 2.75) is 11.8 Å². The van der Waals surface area contributed by atoms with E-state index in [-0.39, 0.29) is 4.90 Å². The fourth-order valence-electron chi connectivity index (χ4n) is 2.05. The number of aryl methyl sites for hydroxylation is 1. The molecule has 2 aromatic carbocycles. The van der Waals surface area contributed by atoms with Crippen molar-refractivity contribution in [2.75, 3.05) is 11.4 Å². The van der Waals surface area contributed by atoms with Crippen LogP contribution in [0, 0.1) is 6.92 Å². The lowest BCUT2D eigenvalue weighted by atomic mass is 10.3. The summed E-state index contributed by atoms with van der Waals surface area (Å²) >= 11 is 6.97. The summed E-state index contributed by atoms with van der Waals surface area (Å²) in [5.74, 6) is 1.20. The number of hydrogen-bond donors (Lipinski definition) is 0. The zero-order valence-electron chi connectivity index (χ0n) is 13.4. The topological polar surface area (TPSA) is 72.4 Å². The van der Waals surface area contributed by atoms with Gasteiger partial charge < -0.3 is 4.74 Å². The Hall–Kier alpha value is -2.16. The lowest BCUT2D eigenvalue weighted by Gasteiger charge is -2.19. The van der Waals surface area contributed by atoms with E-state index < -0.39 is 10.0 Å². The van der Waals surface area contributed by atoms with E-state index in [0.29, 0.717) is 27.5 Å². The molecule has 130 valence electrons. The van der Waals surface area contributed by atoms with Crippen LogP contribution < -0.4 is 9.04 Å². The highest BCUT2D eigenvalue weighted by Gasteiger charge is 2.21. The van der Waals surface area contributed by atoms with E-state index in [1.54, 1.807) is 43.3 Å². The normalized spacial score (nSPS) is 11.3. The van der Waals surface area contributed by atoms with Gasteiger partial charge in [0.15, 0.2) is 0 Å². The van der Waals surface area contributed by atoms with Gasteiger partial charge in [0, 0.05) is 23.6 Å². The number of ether oxygens (including phenoxy) is 1. The van der Waals surface area contributed by atoms with Gasteiger partial charge in [-0.25, -0.2) is 8.42 Å². The zero-order valence-corrected chi connectivity index (χ0v) is 15.8. The van der Waals surface area contributed by atoms with Gasteiger partial charge in [-0.1, -0.05) is 11.6 Å². The number of halogens is 1. The van der Waals surface area contributed by atoms with Gasteiger partial charge in [-0.05, 0) is 55.5 Å². The predicted molar refractivity (Wildman–Crippen MR) is 98.2 cm³/mol. The molecule has 0 saturated carbocycles. The van der Waals surface area contributed by atoms with Crippen molar-refractivity contribution < 1.29 is 13.2 Å². The molecule has 0 aliphatic carbocycles. The summed E-state index contributed by atoms with van der Waals surface area (Å²) in [5.41, 5.74) is 0.510. The minimum Gasteiger partial charge on any atom is -0.430 e. The molecule has 0 spiro atoms. The number of nitrogens with zero attached hydrogens (tertiary/aromatic N) is 3. The highest BCUT2D eigenvalue weighted by Crippen LogP contribution is 2.28. The fourth-order valence-corrected chi connectivity index (χ4v) is 3.93. The first-order chi connectivity index (χ1) is 11.9. The molecular formula is C16H14ClN3O3S2. The average molecular weight is 396 g/mol. The standard InChI is InChI=1S/C16H14ClN3O3S2/c1-11-18-16(24-19-11)23-14-7-5-13(6-8-14)20(2)25(21,22)15-9-3-12(17)4-10-15/h3-10H,1-2H3. The summed E-state index contributed by atoms with van der Waals surface area (Å²) in [6, 6.07) is 12.7. The molecule has 3 rings (SSSR count). The summed E-state index contributed by atoms with van der Waals surface area (Å²) in [6.07, 6.45) is 0. The third-order valence-corrected chi connectivity index (χ3v) is 6.12. The van der Waals surface area contributed by atoms with Crippen molar-refractivity contribution in [3.8, 4) is 10.9 Å². The summed E-state index contributed by atoms with van der Waals surface area (Å²) < 4.78 is 36.1. The van der Waals surface area contributed by atoms with Gasteiger partial charge >= 0.3 is 0 Å². The Morgan fingerprint density at radius 2 is 1.72 bits per heavy atom. The van der Waals surface area contributed by atoms with E-state index in [1.807, 2.05) is 0 Å². The smallest absolute Gasteiger partial charge is 0.298 e. The van der Waals surface area contributed by atoms with Crippen molar-refractivity contribution in [2.24, 2.45) is 0 Å². The van der Waals surface area contributed by atoms with Crippen LogP contribution in [0.3, 0.4) is 0 Å². The van der Waals surface area contributed by atoms with Crippen LogP contribution in [0.2, 0.25) is 5.02 Å². The second-order valence-corrected chi connectivity index (χ2v) is 8.25. The molecule has 0 N–H and O–H groups in total. The Kier molecular flexibility index (Phi) is 4.94. The molecule has 0 saturated heterocycles. The quantitative estimate of drug-likeness (QED) is 0.649. The van der Waals surface area contributed by atoms with Gasteiger partial charge in [-0.15, -0.1) is 0 Å². The highest BCUT2D eigenvalue weighted by molar-refractivity contribution is 7.92. The van der Waals surface area contributed by atoms with E-state index in [2.05, 4.69) is 9.36 Å². The van der Waals surface area contributed by atoms with Crippen LogP contribution in [-0.2, 0) is 10.0 Å². The van der Waals surface area contributed by atoms with E-state index >= 15 is 0 Å². The molecule has 9 heteroatoms. The molecule has 0 atom stereocenters. The first-order valence-electron chi connectivity index (χ1n) is 7.19. The van der Waals surface area contributed by atoms with Gasteiger partial charge in [0.1, 0.15) is 11.6 Å². The van der Waals surface area contributed by atoms with Crippen LogP contribution in [0.25, 0.3) is 0 Å². The lowest BCUT2D eigenvalue weighted by Crippen LogP contribution is -2.26. The van der Waals surface area contributed by atoms with Crippen molar-refractivity contribution in [3.63, 3.8) is 0 Å². The summed E-state index contributed by atoms with van der Waals surface area (Å²) in [5, 5.41) is 0.919.